The van der Waals surface area contributed by atoms with E-state index in [2.05, 4.69) is 23.8 Å². The number of ether oxygens (including phenoxy) is 3. The quantitative estimate of drug-likeness (QED) is 0.0814. The lowest BCUT2D eigenvalue weighted by molar-refractivity contribution is -0.758. The topological polar surface area (TPSA) is 91.5 Å². The van der Waals surface area contributed by atoms with Crippen molar-refractivity contribution in [2.45, 2.75) is 142 Å². The number of nitrogens with zero attached hydrogens (tertiary/aromatic N) is 3. The Morgan fingerprint density at radius 2 is 1.38 bits per heavy atom. The highest BCUT2D eigenvalue weighted by atomic mass is 35.5. The van der Waals surface area contributed by atoms with Crippen LogP contribution in [0.1, 0.15) is 136 Å². The molecule has 0 amide bonds. The largest absolute Gasteiger partial charge is 1.00 e. The fraction of sp³-hybridized carbons (Fsp3) is 0.794. The second-order valence-corrected chi connectivity index (χ2v) is 14.8. The molecule has 0 radical (unpaired) electrons. The molecule has 2 aromatic rings. The molecule has 0 aliphatic heterocycles. The van der Waals surface area contributed by atoms with Crippen molar-refractivity contribution in [3.8, 4) is 6.01 Å². The summed E-state index contributed by atoms with van der Waals surface area (Å²) in [6.07, 6.45) is 26.9. The van der Waals surface area contributed by atoms with Crippen LogP contribution in [-0.2, 0) is 19.3 Å². The fourth-order valence-corrected chi connectivity index (χ4v) is 7.35. The predicted octanol–water partition coefficient (Wildman–Crippen LogP) is 5.29. The van der Waals surface area contributed by atoms with Crippen LogP contribution in [0.5, 0.6) is 6.01 Å². The summed E-state index contributed by atoms with van der Waals surface area (Å²) in [5, 5.41) is 2.00. The van der Waals surface area contributed by atoms with Gasteiger partial charge >= 0.3 is 6.01 Å². The number of hydrogen-bond acceptors (Lipinski definition) is 8. The number of unbranched alkanes of at least 4 members (excludes halogenated alkanes) is 15. The van der Waals surface area contributed by atoms with E-state index in [-0.39, 0.29) is 42.8 Å². The molecule has 0 bridgehead atoms. The first-order valence-corrected chi connectivity index (χ1v) is 20.1. The van der Waals surface area contributed by atoms with E-state index in [4.69, 9.17) is 14.2 Å². The van der Waals surface area contributed by atoms with Gasteiger partial charge in [0.2, 0.25) is 5.51 Å². The lowest BCUT2D eigenvalue weighted by atomic mass is 10.0. The maximum atomic E-state index is 12.9. The first-order chi connectivity index (χ1) is 21.5. The molecule has 0 saturated carbocycles. The third-order valence-electron chi connectivity index (χ3n) is 7.79. The maximum Gasteiger partial charge on any atom is 0.316 e. The van der Waals surface area contributed by atoms with Crippen LogP contribution in [0.25, 0.3) is 0 Å². The monoisotopic (exact) mass is 689 g/mol. The van der Waals surface area contributed by atoms with E-state index in [1.54, 1.807) is 29.8 Å². The molecule has 0 aromatic carbocycles. The molecule has 0 aliphatic rings. The molecule has 11 heteroatoms. The summed E-state index contributed by atoms with van der Waals surface area (Å²) < 4.78 is 45.5. The van der Waals surface area contributed by atoms with Crippen LogP contribution in [0.3, 0.4) is 0 Å². The van der Waals surface area contributed by atoms with Gasteiger partial charge in [0, 0.05) is 25.4 Å². The van der Waals surface area contributed by atoms with Crippen molar-refractivity contribution >= 4 is 21.2 Å². The van der Waals surface area contributed by atoms with Crippen molar-refractivity contribution in [1.29, 1.82) is 0 Å². The highest BCUT2D eigenvalue weighted by Crippen LogP contribution is 2.14. The van der Waals surface area contributed by atoms with Gasteiger partial charge in [-0.05, 0) is 18.9 Å². The van der Waals surface area contributed by atoms with Crippen molar-refractivity contribution in [2.75, 3.05) is 31.3 Å². The zero-order chi connectivity index (χ0) is 31.6. The number of aromatic nitrogens is 3. The minimum absolute atomic E-state index is 0. The van der Waals surface area contributed by atoms with Gasteiger partial charge in [-0.25, -0.2) is 18.4 Å². The molecule has 2 unspecified atom stereocenters. The van der Waals surface area contributed by atoms with Crippen LogP contribution in [0.2, 0.25) is 0 Å². The van der Waals surface area contributed by atoms with Crippen molar-refractivity contribution < 1.29 is 39.6 Å². The Balaban J connectivity index is 0.0000101. The molecule has 2 heterocycles. The Labute approximate surface area is 284 Å². The Morgan fingerprint density at radius 1 is 0.800 bits per heavy atom. The van der Waals surface area contributed by atoms with Crippen LogP contribution < -0.4 is 21.7 Å². The second kappa shape index (κ2) is 27.8. The van der Waals surface area contributed by atoms with Crippen molar-refractivity contribution in [3.05, 3.63) is 35.5 Å². The third-order valence-corrected chi connectivity index (χ3v) is 10.2. The van der Waals surface area contributed by atoms with Gasteiger partial charge < -0.3 is 26.6 Å². The number of sulfone groups is 1. The van der Waals surface area contributed by atoms with Crippen LogP contribution in [0, 0.1) is 0 Å². The Morgan fingerprint density at radius 3 is 1.91 bits per heavy atom. The predicted molar refractivity (Wildman–Crippen MR) is 180 cm³/mol. The van der Waals surface area contributed by atoms with E-state index in [0.29, 0.717) is 19.6 Å². The zero-order valence-electron chi connectivity index (χ0n) is 28.0. The van der Waals surface area contributed by atoms with Crippen LogP contribution >= 0.6 is 11.3 Å². The normalized spacial score (nSPS) is 12.9. The summed E-state index contributed by atoms with van der Waals surface area (Å²) in [6.45, 7) is 5.50. The summed E-state index contributed by atoms with van der Waals surface area (Å²) in [7, 11) is -3.38. The lowest BCUT2D eigenvalue weighted by Gasteiger charge is -2.18. The van der Waals surface area contributed by atoms with Gasteiger partial charge in [0.15, 0.2) is 16.0 Å². The summed E-state index contributed by atoms with van der Waals surface area (Å²) in [6, 6.07) is 1.87. The van der Waals surface area contributed by atoms with Gasteiger partial charge in [-0.2, -0.15) is 4.57 Å². The molecule has 2 rings (SSSR count). The fourth-order valence-electron chi connectivity index (χ4n) is 5.27. The molecule has 0 N–H and O–H groups in total. The second-order valence-electron chi connectivity index (χ2n) is 11.8. The molecule has 260 valence electrons. The summed E-state index contributed by atoms with van der Waals surface area (Å²) >= 11 is 1.60. The Bertz CT molecular complexity index is 1020. The molecule has 45 heavy (non-hydrogen) atoms. The Kier molecular flexibility index (Phi) is 25.7. The van der Waals surface area contributed by atoms with Gasteiger partial charge in [0.05, 0.1) is 30.1 Å². The lowest BCUT2D eigenvalue weighted by Crippen LogP contribution is -3.00. The SMILES string of the molecule is CCCCCCCCCCCCCCCCCCOCC(CS(=O)(=O)CCCOC(CC)[n+]1ccsc1)Oc1ncccn1.[Cl-]. The molecule has 0 saturated heterocycles. The first-order valence-electron chi connectivity index (χ1n) is 17.3. The van der Waals surface area contributed by atoms with E-state index < -0.39 is 15.9 Å². The number of rotatable bonds is 30. The van der Waals surface area contributed by atoms with Gasteiger partial charge in [0.1, 0.15) is 6.10 Å². The van der Waals surface area contributed by atoms with E-state index in [0.717, 1.165) is 19.3 Å². The molecule has 0 fully saturated rings. The average Bonchev–Trinajstić information content (AvgIpc) is 3.56. The zero-order valence-corrected chi connectivity index (χ0v) is 30.3. The molecule has 2 aromatic heterocycles. The van der Waals surface area contributed by atoms with Crippen LogP contribution in [0.15, 0.2) is 35.5 Å². The molecule has 2 atom stereocenters. The highest BCUT2D eigenvalue weighted by Gasteiger charge is 2.23. The molecular formula is C34H60ClN3O5S2. The van der Waals surface area contributed by atoms with Crippen LogP contribution in [0.4, 0.5) is 0 Å². The van der Waals surface area contributed by atoms with Gasteiger partial charge in [-0.1, -0.05) is 121 Å². The minimum atomic E-state index is -3.38. The summed E-state index contributed by atoms with van der Waals surface area (Å²) in [5.41, 5.74) is 2.00. The number of halogens is 1. The average molecular weight is 690 g/mol. The standard InChI is InChI=1S/C34H60N3O5S2.ClH/c1-3-5-6-7-8-9-10-11-12-13-14-15-16-17-18-19-25-40-29-32(42-34-35-22-20-23-36-34)30-44(38,39)28-21-26-41-33(4-2)37-24-27-43-31-37;/h20,22-24,27,31-33H,3-19,21,25-26,28-30H2,1-2H3;1H/q+1;/p-1. The number of hydrogen-bond donors (Lipinski definition) is 0. The minimum Gasteiger partial charge on any atom is -1.00 e. The molecule has 0 aliphatic carbocycles. The van der Waals surface area contributed by atoms with Crippen molar-refractivity contribution in [1.82, 2.24) is 9.97 Å². The molecular weight excluding hydrogens is 630 g/mol. The summed E-state index contributed by atoms with van der Waals surface area (Å²) in [4.78, 5) is 8.20. The van der Waals surface area contributed by atoms with E-state index in [9.17, 15) is 8.42 Å². The van der Waals surface area contributed by atoms with E-state index in [1.165, 1.54) is 89.9 Å². The summed E-state index contributed by atoms with van der Waals surface area (Å²) in [5.74, 6) is -0.104. The smallest absolute Gasteiger partial charge is 0.316 e. The van der Waals surface area contributed by atoms with Crippen molar-refractivity contribution in [3.63, 3.8) is 0 Å². The molecule has 8 nitrogen and oxygen atoms in total. The highest BCUT2D eigenvalue weighted by molar-refractivity contribution is 7.91. The van der Waals surface area contributed by atoms with Crippen molar-refractivity contribution in [2.24, 2.45) is 0 Å². The maximum absolute atomic E-state index is 12.9. The van der Waals surface area contributed by atoms with E-state index >= 15 is 0 Å². The Hall–Kier alpha value is -1.33. The van der Waals surface area contributed by atoms with Gasteiger partial charge in [0.25, 0.3) is 6.23 Å². The third kappa shape index (κ3) is 22.0. The van der Waals surface area contributed by atoms with Gasteiger partial charge in [-0.15, -0.1) is 0 Å². The van der Waals surface area contributed by atoms with E-state index in [1.807, 2.05) is 21.7 Å². The number of thiazole rings is 1. The first kappa shape index (κ1) is 41.7. The molecule has 0 spiro atoms. The van der Waals surface area contributed by atoms with Crippen LogP contribution in [-0.4, -0.2) is 55.8 Å². The van der Waals surface area contributed by atoms with Gasteiger partial charge in [-0.3, -0.25) is 0 Å².